The number of fused-ring (bicyclic) bond motifs is 1. The van der Waals surface area contributed by atoms with Gasteiger partial charge in [-0.1, -0.05) is 0 Å². The Hall–Kier alpha value is -1.98. The average Bonchev–Trinajstić information content (AvgIpc) is 2.92. The van der Waals surface area contributed by atoms with Crippen LogP contribution in [0.5, 0.6) is 0 Å². The first-order valence-electron chi connectivity index (χ1n) is 4.64. The van der Waals surface area contributed by atoms with Crippen LogP contribution in [0.15, 0.2) is 12.5 Å². The molecule has 6 nitrogen and oxygen atoms in total. The second-order valence-electron chi connectivity index (χ2n) is 3.68. The molecule has 6 heteroatoms. The van der Waals surface area contributed by atoms with Crippen molar-refractivity contribution in [3.63, 3.8) is 0 Å². The zero-order valence-corrected chi connectivity index (χ0v) is 7.71. The second-order valence-corrected chi connectivity index (χ2v) is 3.68. The first-order valence-corrected chi connectivity index (χ1v) is 4.64. The van der Waals surface area contributed by atoms with E-state index >= 15 is 0 Å². The van der Waals surface area contributed by atoms with Gasteiger partial charge < -0.3 is 5.11 Å². The Bertz CT molecular complexity index is 536. The number of nitrogens with one attached hydrogen (secondary N) is 1. The lowest BCUT2D eigenvalue weighted by Crippen LogP contribution is -1.99. The molecule has 0 bridgehead atoms. The van der Waals surface area contributed by atoms with Gasteiger partial charge in [-0.15, -0.1) is 0 Å². The van der Waals surface area contributed by atoms with Crippen LogP contribution in [0, 0.1) is 5.92 Å². The van der Waals surface area contributed by atoms with E-state index < -0.39 is 5.97 Å². The summed E-state index contributed by atoms with van der Waals surface area (Å²) in [6.07, 6.45) is 3.73. The molecule has 15 heavy (non-hydrogen) atoms. The Morgan fingerprint density at radius 3 is 3.20 bits per heavy atom. The van der Waals surface area contributed by atoms with Crippen molar-refractivity contribution in [1.29, 1.82) is 0 Å². The quantitative estimate of drug-likeness (QED) is 0.744. The molecule has 2 aromatic rings. The van der Waals surface area contributed by atoms with Gasteiger partial charge in [-0.05, 0) is 6.42 Å². The Kier molecular flexibility index (Phi) is 1.53. The fourth-order valence-corrected chi connectivity index (χ4v) is 1.82. The zero-order valence-electron chi connectivity index (χ0n) is 7.71. The van der Waals surface area contributed by atoms with Gasteiger partial charge in [-0.25, -0.2) is 9.97 Å². The number of H-pyrrole nitrogens is 1. The number of rotatable bonds is 2. The van der Waals surface area contributed by atoms with E-state index in [2.05, 4.69) is 20.2 Å². The van der Waals surface area contributed by atoms with Gasteiger partial charge >= 0.3 is 5.97 Å². The molecule has 1 aliphatic rings. The largest absolute Gasteiger partial charge is 0.481 e. The lowest BCUT2D eigenvalue weighted by Gasteiger charge is -1.91. The highest BCUT2D eigenvalue weighted by Crippen LogP contribution is 2.48. The van der Waals surface area contributed by atoms with Crippen LogP contribution in [0.1, 0.15) is 18.0 Å². The van der Waals surface area contributed by atoms with Crippen molar-refractivity contribution in [2.45, 2.75) is 12.3 Å². The fourth-order valence-electron chi connectivity index (χ4n) is 1.82. The summed E-state index contributed by atoms with van der Waals surface area (Å²) in [6.45, 7) is 0. The monoisotopic (exact) mass is 204 g/mol. The van der Waals surface area contributed by atoms with Crippen LogP contribution in [-0.2, 0) is 4.79 Å². The van der Waals surface area contributed by atoms with E-state index in [0.29, 0.717) is 6.42 Å². The lowest BCUT2D eigenvalue weighted by atomic mass is 10.2. The predicted molar refractivity (Wildman–Crippen MR) is 50.2 cm³/mol. The summed E-state index contributed by atoms with van der Waals surface area (Å²) in [5.74, 6) is -1.05. The molecule has 1 fully saturated rings. The molecule has 2 atom stereocenters. The second kappa shape index (κ2) is 2.75. The van der Waals surface area contributed by atoms with E-state index in [1.807, 2.05) is 0 Å². The van der Waals surface area contributed by atoms with Gasteiger partial charge in [0.1, 0.15) is 17.4 Å². The maximum absolute atomic E-state index is 10.7. The number of aromatic amines is 1. The standard InChI is InChI=1S/C9H8N4O2/c14-9(15)5-1-4(5)7-8-6(12-13-7)2-10-3-11-8/h2-5H,1H2,(H,12,13)(H,14,15). The zero-order chi connectivity index (χ0) is 10.4. The third-order valence-corrected chi connectivity index (χ3v) is 2.71. The minimum absolute atomic E-state index is 0.00569. The SMILES string of the molecule is O=C(O)C1CC1c1n[nH]c2cncnc12. The summed E-state index contributed by atoms with van der Waals surface area (Å²) in [6, 6.07) is 0. The number of carboxylic acids is 1. The molecule has 76 valence electrons. The molecule has 0 saturated heterocycles. The van der Waals surface area contributed by atoms with Crippen LogP contribution in [0.2, 0.25) is 0 Å². The number of hydrogen-bond acceptors (Lipinski definition) is 4. The van der Waals surface area contributed by atoms with Gasteiger partial charge in [0.15, 0.2) is 0 Å². The van der Waals surface area contributed by atoms with Crippen molar-refractivity contribution in [2.24, 2.45) is 5.92 Å². The topological polar surface area (TPSA) is 91.8 Å². The summed E-state index contributed by atoms with van der Waals surface area (Å²) in [4.78, 5) is 18.7. The molecule has 3 rings (SSSR count). The predicted octanol–water partition coefficient (Wildman–Crippen LogP) is 0.541. The maximum Gasteiger partial charge on any atom is 0.307 e. The van der Waals surface area contributed by atoms with Gasteiger partial charge in [0.2, 0.25) is 0 Å². The summed E-state index contributed by atoms with van der Waals surface area (Å²) in [5.41, 5.74) is 2.24. The van der Waals surface area contributed by atoms with Crippen LogP contribution in [0.25, 0.3) is 11.0 Å². The van der Waals surface area contributed by atoms with Gasteiger partial charge in [-0.2, -0.15) is 5.10 Å². The van der Waals surface area contributed by atoms with E-state index in [4.69, 9.17) is 5.11 Å². The first kappa shape index (κ1) is 8.34. The molecule has 2 aromatic heterocycles. The van der Waals surface area contributed by atoms with Crippen LogP contribution >= 0.6 is 0 Å². The molecule has 0 spiro atoms. The maximum atomic E-state index is 10.7. The van der Waals surface area contributed by atoms with Gasteiger partial charge in [0, 0.05) is 5.92 Å². The smallest absolute Gasteiger partial charge is 0.307 e. The summed E-state index contributed by atoms with van der Waals surface area (Å²) in [5, 5.41) is 15.7. The van der Waals surface area contributed by atoms with Crippen molar-refractivity contribution in [2.75, 3.05) is 0 Å². The molecule has 2 heterocycles. The van der Waals surface area contributed by atoms with Crippen molar-refractivity contribution in [3.8, 4) is 0 Å². The first-order chi connectivity index (χ1) is 7.27. The van der Waals surface area contributed by atoms with Crippen LogP contribution in [0.3, 0.4) is 0 Å². The number of hydrogen-bond donors (Lipinski definition) is 2. The molecule has 0 amide bonds. The summed E-state index contributed by atoms with van der Waals surface area (Å²) < 4.78 is 0. The molecule has 2 unspecified atom stereocenters. The van der Waals surface area contributed by atoms with Crippen LogP contribution in [0.4, 0.5) is 0 Å². The van der Waals surface area contributed by atoms with E-state index in [1.54, 1.807) is 6.20 Å². The minimum atomic E-state index is -0.759. The Morgan fingerprint density at radius 2 is 2.47 bits per heavy atom. The van der Waals surface area contributed by atoms with Crippen LogP contribution in [-0.4, -0.2) is 31.2 Å². The Labute approximate surface area is 84.4 Å². The molecular formula is C9H8N4O2. The Balaban J connectivity index is 2.03. The van der Waals surface area contributed by atoms with E-state index in [1.165, 1.54) is 6.33 Å². The third kappa shape index (κ3) is 1.18. The number of nitrogens with zero attached hydrogens (tertiary/aromatic N) is 3. The normalized spacial score (nSPS) is 24.3. The molecule has 1 saturated carbocycles. The molecule has 0 radical (unpaired) electrons. The molecular weight excluding hydrogens is 196 g/mol. The van der Waals surface area contributed by atoms with Gasteiger partial charge in [0.05, 0.1) is 17.8 Å². The highest BCUT2D eigenvalue weighted by molar-refractivity contribution is 5.80. The highest BCUT2D eigenvalue weighted by atomic mass is 16.4. The highest BCUT2D eigenvalue weighted by Gasteiger charge is 2.46. The third-order valence-electron chi connectivity index (χ3n) is 2.71. The van der Waals surface area contributed by atoms with E-state index in [9.17, 15) is 4.79 Å². The molecule has 0 aromatic carbocycles. The minimum Gasteiger partial charge on any atom is -0.481 e. The van der Waals surface area contributed by atoms with Gasteiger partial charge in [0.25, 0.3) is 0 Å². The molecule has 1 aliphatic carbocycles. The molecule has 0 aliphatic heterocycles. The molecule has 2 N–H and O–H groups in total. The van der Waals surface area contributed by atoms with E-state index in [-0.39, 0.29) is 11.8 Å². The van der Waals surface area contributed by atoms with E-state index in [0.717, 1.165) is 16.7 Å². The fraction of sp³-hybridized carbons (Fsp3) is 0.333. The summed E-state index contributed by atoms with van der Waals surface area (Å²) >= 11 is 0. The Morgan fingerprint density at radius 1 is 1.60 bits per heavy atom. The van der Waals surface area contributed by atoms with Crippen molar-refractivity contribution in [3.05, 3.63) is 18.2 Å². The van der Waals surface area contributed by atoms with Crippen LogP contribution < -0.4 is 0 Å². The number of carbonyl (C=O) groups is 1. The number of aromatic nitrogens is 4. The van der Waals surface area contributed by atoms with Crippen molar-refractivity contribution in [1.82, 2.24) is 20.2 Å². The lowest BCUT2D eigenvalue weighted by molar-refractivity contribution is -0.138. The summed E-state index contributed by atoms with van der Waals surface area (Å²) in [7, 11) is 0. The van der Waals surface area contributed by atoms with Crippen molar-refractivity contribution >= 4 is 17.0 Å². The number of carboxylic acid groups (broad SMARTS) is 1. The van der Waals surface area contributed by atoms with Gasteiger partial charge in [-0.3, -0.25) is 9.89 Å². The number of aliphatic carboxylic acids is 1. The average molecular weight is 204 g/mol. The van der Waals surface area contributed by atoms with Crippen molar-refractivity contribution < 1.29 is 9.90 Å².